The number of benzene rings is 2. The van der Waals surface area contributed by atoms with E-state index in [0.29, 0.717) is 18.3 Å². The smallest absolute Gasteiger partial charge is 0.234 e. The van der Waals surface area contributed by atoms with E-state index in [2.05, 4.69) is 0 Å². The molecular weight excluding hydrogens is 348 g/mol. The number of carbonyl (C=O) groups is 2. The van der Waals surface area contributed by atoms with E-state index >= 15 is 0 Å². The monoisotopic (exact) mass is 376 g/mol. The van der Waals surface area contributed by atoms with Crippen LogP contribution in [0.1, 0.15) is 36.3 Å². The lowest BCUT2D eigenvalue weighted by molar-refractivity contribution is -0.135. The van der Waals surface area contributed by atoms with Gasteiger partial charge in [-0.3, -0.25) is 9.59 Å². The molecule has 2 amide bonds. The Morgan fingerprint density at radius 1 is 0.964 bits per heavy atom. The quantitative estimate of drug-likeness (QED) is 0.819. The molecule has 0 N–H and O–H groups in total. The molecule has 1 saturated carbocycles. The Bertz CT molecular complexity index is 797. The molecule has 0 radical (unpaired) electrons. The Morgan fingerprint density at radius 3 is 2.07 bits per heavy atom. The van der Waals surface area contributed by atoms with E-state index in [0.717, 1.165) is 30.5 Å². The summed E-state index contributed by atoms with van der Waals surface area (Å²) in [6, 6.07) is 20.3. The molecular formula is C24H28N2O2. The van der Waals surface area contributed by atoms with Crippen molar-refractivity contribution in [3.05, 3.63) is 71.8 Å². The van der Waals surface area contributed by atoms with Crippen LogP contribution >= 0.6 is 0 Å². The second-order valence-corrected chi connectivity index (χ2v) is 8.33. The van der Waals surface area contributed by atoms with Gasteiger partial charge in [-0.15, -0.1) is 0 Å². The van der Waals surface area contributed by atoms with E-state index in [1.165, 1.54) is 0 Å². The lowest BCUT2D eigenvalue weighted by Gasteiger charge is -2.31. The minimum Gasteiger partial charge on any atom is -0.345 e. The summed E-state index contributed by atoms with van der Waals surface area (Å²) < 4.78 is 0. The minimum absolute atomic E-state index is 0.140. The molecule has 4 heteroatoms. The van der Waals surface area contributed by atoms with Crippen molar-refractivity contribution in [3.8, 4) is 0 Å². The third-order valence-corrected chi connectivity index (χ3v) is 6.60. The van der Waals surface area contributed by atoms with Crippen molar-refractivity contribution in [2.45, 2.75) is 31.2 Å². The highest BCUT2D eigenvalue weighted by Gasteiger charge is 2.43. The van der Waals surface area contributed by atoms with Gasteiger partial charge in [-0.25, -0.2) is 0 Å². The minimum atomic E-state index is -0.292. The number of piperidine rings is 1. The molecule has 1 heterocycles. The number of amides is 2. The molecule has 2 aromatic rings. The van der Waals surface area contributed by atoms with Gasteiger partial charge in [-0.05, 0) is 35.8 Å². The molecule has 28 heavy (non-hydrogen) atoms. The van der Waals surface area contributed by atoms with Crippen molar-refractivity contribution >= 4 is 11.8 Å². The summed E-state index contributed by atoms with van der Waals surface area (Å²) in [7, 11) is 3.83. The first-order valence-corrected chi connectivity index (χ1v) is 10.1. The molecule has 4 rings (SSSR count). The number of likely N-dealkylation sites (tertiary alicyclic amines) is 1. The van der Waals surface area contributed by atoms with Crippen LogP contribution in [0.25, 0.3) is 0 Å². The second-order valence-electron chi connectivity index (χ2n) is 8.33. The van der Waals surface area contributed by atoms with Gasteiger partial charge >= 0.3 is 0 Å². The van der Waals surface area contributed by atoms with Gasteiger partial charge in [0, 0.05) is 33.1 Å². The van der Waals surface area contributed by atoms with Crippen LogP contribution < -0.4 is 0 Å². The number of carbonyl (C=O) groups excluding carboxylic acids is 2. The SMILES string of the molecule is CN1C[C@@H]2C[C@H](N(C)C(=O)C(c3ccccc3)c3ccccc3)C[C@@H]2CC1=O. The predicted octanol–water partition coefficient (Wildman–Crippen LogP) is 3.53. The van der Waals surface area contributed by atoms with Crippen molar-refractivity contribution in [2.75, 3.05) is 20.6 Å². The normalized spacial score (nSPS) is 24.3. The summed E-state index contributed by atoms with van der Waals surface area (Å²) in [5.41, 5.74) is 2.05. The molecule has 2 aromatic carbocycles. The lowest BCUT2D eigenvalue weighted by Crippen LogP contribution is -2.40. The van der Waals surface area contributed by atoms with Gasteiger partial charge in [-0.1, -0.05) is 60.7 Å². The number of nitrogens with zero attached hydrogens (tertiary/aromatic N) is 2. The van der Waals surface area contributed by atoms with Gasteiger partial charge < -0.3 is 9.80 Å². The standard InChI is InChI=1S/C24H28N2O2/c1-25-16-20-14-21(13-19(20)15-22(25)27)26(2)24(28)23(17-9-5-3-6-10-17)18-11-7-4-8-12-18/h3-12,19-21,23H,13-16H2,1-2H3/t19-,20+,21-/m1/s1. The van der Waals surface area contributed by atoms with Crippen LogP contribution in [-0.2, 0) is 9.59 Å². The molecule has 1 saturated heterocycles. The first-order valence-electron chi connectivity index (χ1n) is 10.1. The van der Waals surface area contributed by atoms with E-state index in [-0.39, 0.29) is 23.8 Å². The second kappa shape index (κ2) is 7.78. The molecule has 1 aliphatic carbocycles. The van der Waals surface area contributed by atoms with Crippen molar-refractivity contribution in [1.29, 1.82) is 0 Å². The van der Waals surface area contributed by atoms with Crippen molar-refractivity contribution < 1.29 is 9.59 Å². The molecule has 146 valence electrons. The van der Waals surface area contributed by atoms with Gasteiger partial charge in [-0.2, -0.15) is 0 Å². The highest BCUT2D eigenvalue weighted by molar-refractivity contribution is 5.87. The fraction of sp³-hybridized carbons (Fsp3) is 0.417. The van der Waals surface area contributed by atoms with Crippen LogP contribution in [0.4, 0.5) is 0 Å². The summed E-state index contributed by atoms with van der Waals surface area (Å²) in [4.78, 5) is 29.5. The average molecular weight is 377 g/mol. The van der Waals surface area contributed by atoms with Gasteiger partial charge in [0.25, 0.3) is 0 Å². The zero-order valence-corrected chi connectivity index (χ0v) is 16.6. The Labute approximate surface area is 167 Å². The predicted molar refractivity (Wildman–Crippen MR) is 110 cm³/mol. The zero-order valence-electron chi connectivity index (χ0n) is 16.6. The van der Waals surface area contributed by atoms with Crippen LogP contribution in [-0.4, -0.2) is 48.3 Å². The summed E-state index contributed by atoms with van der Waals surface area (Å²) in [6.45, 7) is 0.822. The first kappa shape index (κ1) is 18.7. The average Bonchev–Trinajstić information content (AvgIpc) is 3.12. The van der Waals surface area contributed by atoms with Gasteiger partial charge in [0.15, 0.2) is 0 Å². The fourth-order valence-electron chi connectivity index (χ4n) is 4.96. The molecule has 2 aliphatic rings. The van der Waals surface area contributed by atoms with Gasteiger partial charge in [0.05, 0.1) is 5.92 Å². The molecule has 0 spiro atoms. The number of rotatable bonds is 4. The van der Waals surface area contributed by atoms with E-state index in [9.17, 15) is 9.59 Å². The molecule has 0 unspecified atom stereocenters. The number of likely N-dealkylation sites (N-methyl/N-ethyl adjacent to an activating group) is 1. The van der Waals surface area contributed by atoms with Crippen LogP contribution in [0.15, 0.2) is 60.7 Å². The lowest BCUT2D eigenvalue weighted by atomic mass is 9.88. The summed E-state index contributed by atoms with van der Waals surface area (Å²) in [6.07, 6.45) is 2.55. The molecule has 1 aliphatic heterocycles. The van der Waals surface area contributed by atoms with Crippen LogP contribution in [0.3, 0.4) is 0 Å². The number of hydrogen-bond acceptors (Lipinski definition) is 2. The van der Waals surface area contributed by atoms with Gasteiger partial charge in [0.1, 0.15) is 0 Å². The van der Waals surface area contributed by atoms with Crippen molar-refractivity contribution in [3.63, 3.8) is 0 Å². The molecule has 2 fully saturated rings. The highest BCUT2D eigenvalue weighted by Crippen LogP contribution is 2.41. The summed E-state index contributed by atoms with van der Waals surface area (Å²) in [5, 5.41) is 0. The maximum Gasteiger partial charge on any atom is 0.234 e. The third kappa shape index (κ3) is 3.56. The van der Waals surface area contributed by atoms with E-state index in [1.54, 1.807) is 0 Å². The van der Waals surface area contributed by atoms with Crippen molar-refractivity contribution in [1.82, 2.24) is 9.80 Å². The maximum atomic E-state index is 13.6. The third-order valence-electron chi connectivity index (χ3n) is 6.60. The largest absolute Gasteiger partial charge is 0.345 e. The first-order chi connectivity index (χ1) is 13.5. The summed E-state index contributed by atoms with van der Waals surface area (Å²) in [5.74, 6) is 1.01. The van der Waals surface area contributed by atoms with E-state index in [1.807, 2.05) is 84.6 Å². The number of hydrogen-bond donors (Lipinski definition) is 0. The van der Waals surface area contributed by atoms with E-state index < -0.39 is 0 Å². The van der Waals surface area contributed by atoms with Gasteiger partial charge in [0.2, 0.25) is 11.8 Å². The summed E-state index contributed by atoms with van der Waals surface area (Å²) >= 11 is 0. The molecule has 0 aromatic heterocycles. The fourth-order valence-corrected chi connectivity index (χ4v) is 4.96. The van der Waals surface area contributed by atoms with Crippen LogP contribution in [0, 0.1) is 11.8 Å². The zero-order chi connectivity index (χ0) is 19.7. The Morgan fingerprint density at radius 2 is 1.50 bits per heavy atom. The topological polar surface area (TPSA) is 40.6 Å². The Kier molecular flexibility index (Phi) is 5.21. The van der Waals surface area contributed by atoms with Crippen LogP contribution in [0.2, 0.25) is 0 Å². The molecule has 3 atom stereocenters. The number of fused-ring (bicyclic) bond motifs is 1. The highest BCUT2D eigenvalue weighted by atomic mass is 16.2. The maximum absolute atomic E-state index is 13.6. The Hall–Kier alpha value is -2.62. The molecule has 4 nitrogen and oxygen atoms in total. The van der Waals surface area contributed by atoms with Crippen molar-refractivity contribution in [2.24, 2.45) is 11.8 Å². The Balaban J connectivity index is 1.57. The molecule has 0 bridgehead atoms. The van der Waals surface area contributed by atoms with Crippen LogP contribution in [0.5, 0.6) is 0 Å². The van der Waals surface area contributed by atoms with E-state index in [4.69, 9.17) is 0 Å².